The smallest absolute Gasteiger partial charge is 0.0632 e. The van der Waals surface area contributed by atoms with Crippen molar-refractivity contribution in [2.45, 2.75) is 77.9 Å². The highest BCUT2D eigenvalue weighted by atomic mass is 16.3. The van der Waals surface area contributed by atoms with Crippen LogP contribution in [-0.2, 0) is 0 Å². The SMILES string of the molecule is CC1(O)CCCN(C2CC(C(C)(C)C)CCC2CN)CC1. The molecule has 0 spiro atoms. The van der Waals surface area contributed by atoms with Crippen LogP contribution in [0.5, 0.6) is 0 Å². The van der Waals surface area contributed by atoms with Gasteiger partial charge in [-0.3, -0.25) is 4.90 Å². The molecule has 0 radical (unpaired) electrons. The summed E-state index contributed by atoms with van der Waals surface area (Å²) in [6, 6.07) is 0.627. The molecule has 0 aromatic heterocycles. The first kappa shape index (κ1) is 17.2. The van der Waals surface area contributed by atoms with E-state index >= 15 is 0 Å². The van der Waals surface area contributed by atoms with E-state index < -0.39 is 5.60 Å². The van der Waals surface area contributed by atoms with Gasteiger partial charge in [-0.1, -0.05) is 20.8 Å². The summed E-state index contributed by atoms with van der Waals surface area (Å²) in [5.74, 6) is 1.45. The van der Waals surface area contributed by atoms with Crippen molar-refractivity contribution in [3.63, 3.8) is 0 Å². The summed E-state index contributed by atoms with van der Waals surface area (Å²) in [7, 11) is 0. The Morgan fingerprint density at radius 1 is 1.19 bits per heavy atom. The lowest BCUT2D eigenvalue weighted by molar-refractivity contribution is 0.0271. The predicted octanol–water partition coefficient (Wildman–Crippen LogP) is 3.01. The Kier molecular flexibility index (Phi) is 5.38. The van der Waals surface area contributed by atoms with Gasteiger partial charge < -0.3 is 10.8 Å². The van der Waals surface area contributed by atoms with E-state index in [0.717, 1.165) is 44.8 Å². The number of nitrogens with zero attached hydrogens (tertiary/aromatic N) is 1. The first-order valence-corrected chi connectivity index (χ1v) is 8.89. The fourth-order valence-corrected chi connectivity index (χ4v) is 4.33. The van der Waals surface area contributed by atoms with Crippen LogP contribution in [0.1, 0.15) is 66.2 Å². The molecule has 1 saturated carbocycles. The van der Waals surface area contributed by atoms with Crippen LogP contribution < -0.4 is 5.73 Å². The second kappa shape index (κ2) is 6.55. The summed E-state index contributed by atoms with van der Waals surface area (Å²) in [5, 5.41) is 10.3. The third-order valence-electron chi connectivity index (χ3n) is 6.05. The molecule has 3 nitrogen and oxygen atoms in total. The molecule has 124 valence electrons. The molecule has 2 rings (SSSR count). The van der Waals surface area contributed by atoms with E-state index in [1.54, 1.807) is 0 Å². The van der Waals surface area contributed by atoms with Gasteiger partial charge in [0.15, 0.2) is 0 Å². The van der Waals surface area contributed by atoms with Gasteiger partial charge in [-0.25, -0.2) is 0 Å². The van der Waals surface area contributed by atoms with Crippen LogP contribution in [0.15, 0.2) is 0 Å². The number of likely N-dealkylation sites (tertiary alicyclic amines) is 1. The van der Waals surface area contributed by atoms with Crippen molar-refractivity contribution in [1.29, 1.82) is 0 Å². The Morgan fingerprint density at radius 2 is 1.90 bits per heavy atom. The van der Waals surface area contributed by atoms with Gasteiger partial charge in [0, 0.05) is 12.6 Å². The predicted molar refractivity (Wildman–Crippen MR) is 89.2 cm³/mol. The zero-order valence-corrected chi connectivity index (χ0v) is 14.6. The number of rotatable bonds is 2. The van der Waals surface area contributed by atoms with Gasteiger partial charge in [0.25, 0.3) is 0 Å². The van der Waals surface area contributed by atoms with Crippen molar-refractivity contribution < 1.29 is 5.11 Å². The van der Waals surface area contributed by atoms with E-state index in [1.807, 2.05) is 6.92 Å². The molecule has 0 aromatic carbocycles. The van der Waals surface area contributed by atoms with Crippen LogP contribution in [0, 0.1) is 17.3 Å². The van der Waals surface area contributed by atoms with E-state index in [9.17, 15) is 5.11 Å². The minimum absolute atomic E-state index is 0.398. The van der Waals surface area contributed by atoms with E-state index in [2.05, 4.69) is 25.7 Å². The second-order valence-electron chi connectivity index (χ2n) is 8.83. The van der Waals surface area contributed by atoms with Crippen LogP contribution in [0.4, 0.5) is 0 Å². The van der Waals surface area contributed by atoms with Gasteiger partial charge in [0.1, 0.15) is 0 Å². The molecule has 2 aliphatic rings. The Bertz CT molecular complexity index is 335. The molecule has 1 aliphatic heterocycles. The van der Waals surface area contributed by atoms with Crippen LogP contribution in [0.2, 0.25) is 0 Å². The Balaban J connectivity index is 2.06. The van der Waals surface area contributed by atoms with Gasteiger partial charge in [-0.05, 0) is 75.8 Å². The van der Waals surface area contributed by atoms with Crippen LogP contribution in [0.3, 0.4) is 0 Å². The highest BCUT2D eigenvalue weighted by molar-refractivity contribution is 4.92. The van der Waals surface area contributed by atoms with Crippen LogP contribution >= 0.6 is 0 Å². The maximum absolute atomic E-state index is 10.3. The Morgan fingerprint density at radius 3 is 2.52 bits per heavy atom. The first-order chi connectivity index (χ1) is 9.73. The largest absolute Gasteiger partial charge is 0.390 e. The number of hydrogen-bond donors (Lipinski definition) is 2. The molecular weight excluding hydrogens is 260 g/mol. The molecule has 1 saturated heterocycles. The maximum Gasteiger partial charge on any atom is 0.0632 e. The standard InChI is InChI=1S/C18H36N2O/c1-17(2,3)15-7-6-14(13-19)16(12-15)20-10-5-8-18(4,21)9-11-20/h14-16,21H,5-13,19H2,1-4H3. The summed E-state index contributed by atoms with van der Waals surface area (Å²) in [6.45, 7) is 12.1. The summed E-state index contributed by atoms with van der Waals surface area (Å²) in [5.41, 5.74) is 6.00. The zero-order valence-electron chi connectivity index (χ0n) is 14.6. The Labute approximate surface area is 131 Å². The second-order valence-corrected chi connectivity index (χ2v) is 8.83. The number of hydrogen-bond acceptors (Lipinski definition) is 3. The topological polar surface area (TPSA) is 49.5 Å². The van der Waals surface area contributed by atoms with Gasteiger partial charge in [0.05, 0.1) is 5.60 Å². The van der Waals surface area contributed by atoms with Crippen molar-refractivity contribution in [1.82, 2.24) is 4.90 Å². The van der Waals surface area contributed by atoms with Crippen molar-refractivity contribution in [3.8, 4) is 0 Å². The molecule has 4 atom stereocenters. The van der Waals surface area contributed by atoms with Crippen molar-refractivity contribution in [3.05, 3.63) is 0 Å². The monoisotopic (exact) mass is 296 g/mol. The first-order valence-electron chi connectivity index (χ1n) is 8.89. The molecule has 4 unspecified atom stereocenters. The molecular formula is C18H36N2O. The van der Waals surface area contributed by atoms with Crippen LogP contribution in [-0.4, -0.2) is 41.3 Å². The highest BCUT2D eigenvalue weighted by Gasteiger charge is 2.39. The maximum atomic E-state index is 10.3. The van der Waals surface area contributed by atoms with Gasteiger partial charge in [0.2, 0.25) is 0 Å². The molecule has 1 aliphatic carbocycles. The quantitative estimate of drug-likeness (QED) is 0.823. The normalized spacial score (nSPS) is 40.0. The van der Waals surface area contributed by atoms with E-state index in [1.165, 1.54) is 19.3 Å². The molecule has 0 bridgehead atoms. The van der Waals surface area contributed by atoms with E-state index in [4.69, 9.17) is 5.73 Å². The molecule has 21 heavy (non-hydrogen) atoms. The highest BCUT2D eigenvalue weighted by Crippen LogP contribution is 2.42. The average molecular weight is 296 g/mol. The number of nitrogens with two attached hydrogens (primary N) is 1. The third-order valence-corrected chi connectivity index (χ3v) is 6.05. The van der Waals surface area contributed by atoms with E-state index in [-0.39, 0.29) is 0 Å². The minimum atomic E-state index is -0.467. The molecule has 0 amide bonds. The molecule has 3 N–H and O–H groups in total. The van der Waals surface area contributed by atoms with Gasteiger partial charge in [-0.15, -0.1) is 0 Å². The molecule has 0 aromatic rings. The Hall–Kier alpha value is -0.120. The summed E-state index contributed by atoms with van der Waals surface area (Å²) in [6.07, 6.45) is 6.84. The fraction of sp³-hybridized carbons (Fsp3) is 1.00. The average Bonchev–Trinajstić information content (AvgIpc) is 2.58. The van der Waals surface area contributed by atoms with Crippen LogP contribution in [0.25, 0.3) is 0 Å². The molecule has 2 fully saturated rings. The lowest BCUT2D eigenvalue weighted by Crippen LogP contribution is -2.49. The third kappa shape index (κ3) is 4.43. The van der Waals surface area contributed by atoms with Gasteiger partial charge >= 0.3 is 0 Å². The van der Waals surface area contributed by atoms with Gasteiger partial charge in [-0.2, -0.15) is 0 Å². The van der Waals surface area contributed by atoms with Crippen molar-refractivity contribution in [2.75, 3.05) is 19.6 Å². The van der Waals surface area contributed by atoms with Crippen molar-refractivity contribution >= 4 is 0 Å². The minimum Gasteiger partial charge on any atom is -0.390 e. The lowest BCUT2D eigenvalue weighted by atomic mass is 9.67. The lowest BCUT2D eigenvalue weighted by Gasteiger charge is -2.46. The fourth-order valence-electron chi connectivity index (χ4n) is 4.33. The zero-order chi connectivity index (χ0) is 15.7. The number of aliphatic hydroxyl groups is 1. The summed E-state index contributed by atoms with van der Waals surface area (Å²) < 4.78 is 0. The molecule has 3 heteroatoms. The van der Waals surface area contributed by atoms with Crippen molar-refractivity contribution in [2.24, 2.45) is 23.0 Å². The van der Waals surface area contributed by atoms with E-state index in [0.29, 0.717) is 17.4 Å². The molecule has 1 heterocycles. The summed E-state index contributed by atoms with van der Waals surface area (Å²) >= 11 is 0. The summed E-state index contributed by atoms with van der Waals surface area (Å²) in [4.78, 5) is 2.65.